The van der Waals surface area contributed by atoms with Crippen molar-refractivity contribution in [3.05, 3.63) is 66.6 Å². The number of benzene rings is 2. The van der Waals surface area contributed by atoms with Crippen LogP contribution in [-0.4, -0.2) is 23.7 Å². The van der Waals surface area contributed by atoms with E-state index in [0.717, 1.165) is 16.7 Å². The van der Waals surface area contributed by atoms with Crippen molar-refractivity contribution >= 4 is 5.91 Å². The van der Waals surface area contributed by atoms with Crippen molar-refractivity contribution in [2.24, 2.45) is 5.73 Å². The molecule has 2 atom stereocenters. The third kappa shape index (κ3) is 2.89. The molecule has 1 aliphatic rings. The van der Waals surface area contributed by atoms with Crippen LogP contribution >= 0.6 is 0 Å². The van der Waals surface area contributed by atoms with Gasteiger partial charge in [0.05, 0.1) is 12.2 Å². The molecule has 3 N–H and O–H groups in total. The van der Waals surface area contributed by atoms with Gasteiger partial charge >= 0.3 is 0 Å². The second-order valence-electron chi connectivity index (χ2n) is 5.48. The van der Waals surface area contributed by atoms with E-state index in [1.165, 1.54) is 6.42 Å². The van der Waals surface area contributed by atoms with Crippen molar-refractivity contribution in [3.8, 4) is 11.1 Å². The number of amides is 1. The summed E-state index contributed by atoms with van der Waals surface area (Å²) in [6, 6.07) is 17.7. The maximum atomic E-state index is 11.3. The van der Waals surface area contributed by atoms with Crippen LogP contribution in [0.4, 0.5) is 0 Å². The summed E-state index contributed by atoms with van der Waals surface area (Å²) in [4.78, 5) is 11.3. The number of rotatable bonds is 3. The molecule has 1 aliphatic heterocycles. The predicted molar refractivity (Wildman–Crippen MR) is 83.6 cm³/mol. The fourth-order valence-electron chi connectivity index (χ4n) is 2.71. The fourth-order valence-corrected chi connectivity index (χ4v) is 2.71. The number of hydrogen-bond donors (Lipinski definition) is 2. The lowest BCUT2D eigenvalue weighted by molar-refractivity contribution is -0.135. The highest BCUT2D eigenvalue weighted by molar-refractivity contribution is 5.80. The molecule has 1 unspecified atom stereocenters. The Bertz CT molecular complexity index is 654. The number of carbonyl (C=O) groups excluding carboxylic acids is 1. The molecule has 4 heteroatoms. The molecule has 1 amide bonds. The minimum Gasteiger partial charge on any atom is -0.385 e. The van der Waals surface area contributed by atoms with Crippen LogP contribution in [0.3, 0.4) is 0 Å². The van der Waals surface area contributed by atoms with E-state index in [1.54, 1.807) is 0 Å². The fraction of sp³-hybridized carbons (Fsp3) is 0.222. The molecule has 22 heavy (non-hydrogen) atoms. The van der Waals surface area contributed by atoms with Crippen molar-refractivity contribution in [1.82, 2.24) is 0 Å². The molecule has 3 rings (SSSR count). The number of hydrogen-bond acceptors (Lipinski definition) is 3. The average Bonchev–Trinajstić information content (AvgIpc) is 2.56. The minimum absolute atomic E-state index is 0.293. The van der Waals surface area contributed by atoms with Gasteiger partial charge in [0.25, 0.3) is 0 Å². The van der Waals surface area contributed by atoms with Crippen LogP contribution in [0.25, 0.3) is 11.1 Å². The van der Waals surface area contributed by atoms with Crippen molar-refractivity contribution in [2.75, 3.05) is 6.61 Å². The van der Waals surface area contributed by atoms with Gasteiger partial charge in [-0.25, -0.2) is 0 Å². The van der Waals surface area contributed by atoms with E-state index in [-0.39, 0.29) is 0 Å². The summed E-state index contributed by atoms with van der Waals surface area (Å²) in [7, 11) is 0. The highest BCUT2D eigenvalue weighted by Gasteiger charge is 2.39. The molecule has 2 aromatic carbocycles. The predicted octanol–water partition coefficient (Wildman–Crippen LogP) is 2.02. The summed E-state index contributed by atoms with van der Waals surface area (Å²) >= 11 is 0. The van der Waals surface area contributed by atoms with Crippen molar-refractivity contribution in [2.45, 2.75) is 18.1 Å². The summed E-state index contributed by atoms with van der Waals surface area (Å²) in [5.41, 5.74) is 7.00. The SMILES string of the molecule is NC(=O)C1[CH][C@@](O)(c2ccc(-c3ccccc3)cc2)CCO1. The summed E-state index contributed by atoms with van der Waals surface area (Å²) < 4.78 is 5.26. The molecule has 2 aromatic rings. The number of ether oxygens (including phenoxy) is 1. The van der Waals surface area contributed by atoms with Crippen LogP contribution in [0.5, 0.6) is 0 Å². The second-order valence-corrected chi connectivity index (χ2v) is 5.48. The molecule has 0 spiro atoms. The van der Waals surface area contributed by atoms with Crippen LogP contribution in [-0.2, 0) is 15.1 Å². The molecule has 0 aromatic heterocycles. The van der Waals surface area contributed by atoms with E-state index in [0.29, 0.717) is 13.0 Å². The van der Waals surface area contributed by atoms with Crippen LogP contribution in [0.2, 0.25) is 0 Å². The Morgan fingerprint density at radius 3 is 2.36 bits per heavy atom. The molecule has 113 valence electrons. The quantitative estimate of drug-likeness (QED) is 0.910. The van der Waals surface area contributed by atoms with Gasteiger partial charge in [-0.05, 0) is 16.7 Å². The van der Waals surface area contributed by atoms with Gasteiger partial charge < -0.3 is 15.6 Å². The van der Waals surface area contributed by atoms with Crippen LogP contribution in [0.1, 0.15) is 12.0 Å². The van der Waals surface area contributed by atoms with Gasteiger partial charge in [0.2, 0.25) is 5.91 Å². The van der Waals surface area contributed by atoms with Gasteiger partial charge in [-0.15, -0.1) is 0 Å². The lowest BCUT2D eigenvalue weighted by atomic mass is 9.83. The Balaban J connectivity index is 1.84. The summed E-state index contributed by atoms with van der Waals surface area (Å²) in [5, 5.41) is 10.8. The van der Waals surface area contributed by atoms with E-state index in [2.05, 4.69) is 0 Å². The van der Waals surface area contributed by atoms with Crippen LogP contribution in [0, 0.1) is 6.42 Å². The Labute approximate surface area is 129 Å². The Hall–Kier alpha value is -2.17. The topological polar surface area (TPSA) is 72.6 Å². The third-order valence-corrected chi connectivity index (χ3v) is 3.98. The zero-order valence-electron chi connectivity index (χ0n) is 12.1. The van der Waals surface area contributed by atoms with E-state index < -0.39 is 17.6 Å². The smallest absolute Gasteiger partial charge is 0.246 e. The molecule has 1 radical (unpaired) electrons. The van der Waals surface area contributed by atoms with E-state index in [9.17, 15) is 9.90 Å². The zero-order valence-corrected chi connectivity index (χ0v) is 12.1. The van der Waals surface area contributed by atoms with Crippen molar-refractivity contribution < 1.29 is 14.6 Å². The molecular weight excluding hydrogens is 278 g/mol. The molecule has 0 aliphatic carbocycles. The lowest BCUT2D eigenvalue weighted by Crippen LogP contribution is -2.45. The summed E-state index contributed by atoms with van der Waals surface area (Å²) in [5.74, 6) is -0.584. The van der Waals surface area contributed by atoms with E-state index in [1.807, 2.05) is 54.6 Å². The third-order valence-electron chi connectivity index (χ3n) is 3.98. The largest absolute Gasteiger partial charge is 0.385 e. The molecule has 0 saturated carbocycles. The molecular formula is C18H18NO3. The first kappa shape index (κ1) is 14.8. The van der Waals surface area contributed by atoms with Gasteiger partial charge in [0.1, 0.15) is 6.10 Å². The van der Waals surface area contributed by atoms with Crippen LogP contribution < -0.4 is 5.73 Å². The molecule has 1 heterocycles. The zero-order chi connectivity index (χ0) is 15.6. The monoisotopic (exact) mass is 296 g/mol. The Morgan fingerprint density at radius 2 is 1.73 bits per heavy atom. The molecule has 1 fully saturated rings. The standard InChI is InChI=1S/C18H18NO3/c19-17(20)16-12-18(21,10-11-22-16)15-8-6-14(7-9-15)13-4-2-1-3-5-13/h1-9,12,16,21H,10-11H2,(H2,19,20)/t16?,18-/m1/s1. The van der Waals surface area contributed by atoms with E-state index in [4.69, 9.17) is 10.5 Å². The molecule has 1 saturated heterocycles. The maximum Gasteiger partial charge on any atom is 0.246 e. The van der Waals surface area contributed by atoms with Gasteiger partial charge in [-0.1, -0.05) is 54.6 Å². The van der Waals surface area contributed by atoms with Gasteiger partial charge in [0, 0.05) is 12.8 Å². The number of aliphatic hydroxyl groups is 1. The highest BCUT2D eigenvalue weighted by atomic mass is 16.5. The maximum absolute atomic E-state index is 11.3. The second kappa shape index (κ2) is 5.91. The first-order valence-corrected chi connectivity index (χ1v) is 7.24. The first-order valence-electron chi connectivity index (χ1n) is 7.24. The van der Waals surface area contributed by atoms with Crippen molar-refractivity contribution in [1.29, 1.82) is 0 Å². The lowest BCUT2D eigenvalue weighted by Gasteiger charge is -2.35. The van der Waals surface area contributed by atoms with E-state index >= 15 is 0 Å². The first-order chi connectivity index (χ1) is 10.6. The minimum atomic E-state index is -1.19. The highest BCUT2D eigenvalue weighted by Crippen LogP contribution is 2.34. The number of primary amides is 1. The molecule has 0 bridgehead atoms. The summed E-state index contributed by atoms with van der Waals surface area (Å²) in [6.07, 6.45) is 1.03. The number of nitrogens with two attached hydrogens (primary N) is 1. The molecule has 4 nitrogen and oxygen atoms in total. The van der Waals surface area contributed by atoms with Crippen molar-refractivity contribution in [3.63, 3.8) is 0 Å². The van der Waals surface area contributed by atoms with Gasteiger partial charge in [0.15, 0.2) is 0 Å². The average molecular weight is 296 g/mol. The normalized spacial score (nSPS) is 24.9. The Kier molecular flexibility index (Phi) is 3.96. The van der Waals surface area contributed by atoms with Crippen LogP contribution in [0.15, 0.2) is 54.6 Å². The summed E-state index contributed by atoms with van der Waals surface area (Å²) in [6.45, 7) is 0.293. The van der Waals surface area contributed by atoms with Gasteiger partial charge in [-0.3, -0.25) is 4.79 Å². The number of carbonyl (C=O) groups is 1. The Morgan fingerprint density at radius 1 is 1.09 bits per heavy atom. The van der Waals surface area contributed by atoms with Gasteiger partial charge in [-0.2, -0.15) is 0 Å².